The number of nitrogens with one attached hydrogen (secondary N) is 1. The fraction of sp³-hybridized carbons (Fsp3) is 0.769. The van der Waals surface area contributed by atoms with Crippen molar-refractivity contribution in [2.45, 2.75) is 57.8 Å². The summed E-state index contributed by atoms with van der Waals surface area (Å²) in [4.78, 5) is 0. The number of benzene rings is 1. The van der Waals surface area contributed by atoms with Gasteiger partial charge in [-0.1, -0.05) is 39.3 Å². The van der Waals surface area contributed by atoms with Crippen LogP contribution in [0.25, 0.3) is 0 Å². The largest absolute Gasteiger partial charge is 0.491 e. The molecule has 4 atom stereocenters. The molecule has 2 rings (SSSR count). The zero-order chi connectivity index (χ0) is 25.9. The summed E-state index contributed by atoms with van der Waals surface area (Å²) in [5.41, 5.74) is -1.67. The number of aliphatic hydroxyl groups excluding tert-OH is 1. The molecule has 0 heterocycles. The van der Waals surface area contributed by atoms with E-state index in [1.165, 1.54) is 18.2 Å². The predicted octanol–water partition coefficient (Wildman–Crippen LogP) is 3.57. The predicted molar refractivity (Wildman–Crippen MR) is 130 cm³/mol. The summed E-state index contributed by atoms with van der Waals surface area (Å²) in [6.07, 6.45) is 0.640. The molecule has 202 valence electrons. The summed E-state index contributed by atoms with van der Waals surface area (Å²) in [5, 5.41) is 24.5. The maximum atomic E-state index is 15.0. The van der Waals surface area contributed by atoms with Gasteiger partial charge in [0.15, 0.2) is 0 Å². The number of alkyl halides is 2. The first-order valence-electron chi connectivity index (χ1n) is 12.5. The van der Waals surface area contributed by atoms with Gasteiger partial charge in [0.2, 0.25) is 0 Å². The number of ether oxygens (including phenoxy) is 4. The van der Waals surface area contributed by atoms with Crippen molar-refractivity contribution in [2.24, 2.45) is 17.8 Å². The lowest BCUT2D eigenvalue weighted by atomic mass is 9.66. The topological polar surface area (TPSA) is 89.4 Å². The van der Waals surface area contributed by atoms with Crippen LogP contribution in [-0.2, 0) is 20.1 Å². The van der Waals surface area contributed by atoms with Crippen molar-refractivity contribution in [3.05, 3.63) is 29.8 Å². The number of halogens is 2. The summed E-state index contributed by atoms with van der Waals surface area (Å²) >= 11 is 0. The Hall–Kier alpha value is -1.36. The van der Waals surface area contributed by atoms with Gasteiger partial charge in [0.25, 0.3) is 5.92 Å². The molecule has 7 nitrogen and oxygen atoms in total. The molecule has 9 heteroatoms. The van der Waals surface area contributed by atoms with Gasteiger partial charge in [-0.25, -0.2) is 0 Å². The molecule has 1 aliphatic rings. The van der Waals surface area contributed by atoms with E-state index in [1.54, 1.807) is 13.2 Å². The van der Waals surface area contributed by atoms with Crippen LogP contribution in [0.4, 0.5) is 8.78 Å². The van der Waals surface area contributed by atoms with E-state index in [1.807, 2.05) is 20.8 Å². The third-order valence-corrected chi connectivity index (χ3v) is 6.64. The monoisotopic (exact) mass is 503 g/mol. The van der Waals surface area contributed by atoms with Crippen molar-refractivity contribution in [1.29, 1.82) is 0 Å². The Morgan fingerprint density at radius 2 is 1.74 bits per heavy atom. The van der Waals surface area contributed by atoms with E-state index in [-0.39, 0.29) is 29.9 Å². The van der Waals surface area contributed by atoms with E-state index in [2.05, 4.69) is 5.32 Å². The summed E-state index contributed by atoms with van der Waals surface area (Å²) in [6, 6.07) is 5.72. The van der Waals surface area contributed by atoms with Crippen molar-refractivity contribution in [2.75, 3.05) is 53.3 Å². The van der Waals surface area contributed by atoms with Gasteiger partial charge in [-0.15, -0.1) is 0 Å². The van der Waals surface area contributed by atoms with Crippen LogP contribution >= 0.6 is 0 Å². The standard InChI is InChI=1S/C26H43F2NO6/c1-19(2)23-9-8-20(3)17-25(23,31)24(30)29-18-26(27,28)21-6-5-7-22(16-21)35-15-14-34-13-12-33-11-10-32-4/h5-7,16,19-20,23-24,29-31H,8-15,17-18H2,1-4H3/t20-,23+,24?,25+/m1/s1. The molecule has 0 aromatic heterocycles. The molecule has 0 radical (unpaired) electrons. The molecule has 0 saturated heterocycles. The molecule has 1 fully saturated rings. The van der Waals surface area contributed by atoms with Crippen LogP contribution in [0.2, 0.25) is 0 Å². The highest BCUT2D eigenvalue weighted by Crippen LogP contribution is 2.42. The SMILES string of the molecule is COCCOCCOCCOc1cccc(C(F)(F)CNC(O)[C@]2(O)C[C@H](C)CC[C@H]2C(C)C)c1. The van der Waals surface area contributed by atoms with E-state index in [0.29, 0.717) is 45.2 Å². The highest BCUT2D eigenvalue weighted by molar-refractivity contribution is 5.31. The normalized spacial score (nSPS) is 24.0. The van der Waals surface area contributed by atoms with Crippen molar-refractivity contribution in [3.8, 4) is 5.75 Å². The number of rotatable bonds is 16. The van der Waals surface area contributed by atoms with Crippen molar-refractivity contribution in [1.82, 2.24) is 5.32 Å². The van der Waals surface area contributed by atoms with Crippen molar-refractivity contribution >= 4 is 0 Å². The molecule has 35 heavy (non-hydrogen) atoms. The van der Waals surface area contributed by atoms with E-state index in [4.69, 9.17) is 18.9 Å². The molecular formula is C26H43F2NO6. The molecule has 0 aliphatic heterocycles. The molecule has 1 unspecified atom stereocenters. The summed E-state index contributed by atoms with van der Waals surface area (Å²) in [7, 11) is 1.60. The second kappa shape index (κ2) is 14.4. The lowest BCUT2D eigenvalue weighted by Gasteiger charge is -2.47. The van der Waals surface area contributed by atoms with Gasteiger partial charge in [-0.2, -0.15) is 8.78 Å². The first-order chi connectivity index (χ1) is 16.6. The Balaban J connectivity index is 1.84. The molecule has 0 spiro atoms. The van der Waals surface area contributed by atoms with Gasteiger partial charge >= 0.3 is 0 Å². The molecule has 3 N–H and O–H groups in total. The van der Waals surface area contributed by atoms with Gasteiger partial charge in [0.1, 0.15) is 24.2 Å². The Kier molecular flexibility index (Phi) is 12.3. The fourth-order valence-corrected chi connectivity index (χ4v) is 4.75. The maximum Gasteiger partial charge on any atom is 0.285 e. The number of hydrogen-bond donors (Lipinski definition) is 3. The van der Waals surface area contributed by atoms with E-state index < -0.39 is 24.3 Å². The van der Waals surface area contributed by atoms with Crippen LogP contribution in [0.1, 0.15) is 45.6 Å². The van der Waals surface area contributed by atoms with Crippen LogP contribution in [0.15, 0.2) is 24.3 Å². The second-order valence-corrected chi connectivity index (χ2v) is 9.81. The van der Waals surface area contributed by atoms with Crippen molar-refractivity contribution < 1.29 is 37.9 Å². The molecule has 0 amide bonds. The van der Waals surface area contributed by atoms with Crippen LogP contribution < -0.4 is 10.1 Å². The summed E-state index contributed by atoms with van der Waals surface area (Å²) in [6.45, 7) is 7.57. The molecule has 0 bridgehead atoms. The second-order valence-electron chi connectivity index (χ2n) is 9.81. The van der Waals surface area contributed by atoms with Crippen LogP contribution in [0.3, 0.4) is 0 Å². The Morgan fingerprint density at radius 1 is 1.09 bits per heavy atom. The summed E-state index contributed by atoms with van der Waals surface area (Å²) < 4.78 is 51.1. The van der Waals surface area contributed by atoms with Gasteiger partial charge in [-0.05, 0) is 42.7 Å². The highest BCUT2D eigenvalue weighted by Gasteiger charge is 2.48. The fourth-order valence-electron chi connectivity index (χ4n) is 4.75. The first-order valence-corrected chi connectivity index (χ1v) is 12.5. The smallest absolute Gasteiger partial charge is 0.285 e. The minimum Gasteiger partial charge on any atom is -0.491 e. The average molecular weight is 504 g/mol. The Labute approximate surface area is 208 Å². The molecular weight excluding hydrogens is 460 g/mol. The molecule has 1 aromatic rings. The van der Waals surface area contributed by atoms with Crippen molar-refractivity contribution in [3.63, 3.8) is 0 Å². The van der Waals surface area contributed by atoms with Gasteiger partial charge in [0, 0.05) is 12.7 Å². The minimum atomic E-state index is -3.26. The number of aliphatic hydroxyl groups is 2. The van der Waals surface area contributed by atoms with Gasteiger partial charge in [0.05, 0.1) is 39.6 Å². The molecule has 1 saturated carbocycles. The van der Waals surface area contributed by atoms with Gasteiger partial charge in [-0.3, -0.25) is 5.32 Å². The molecule has 1 aromatic carbocycles. The third kappa shape index (κ3) is 9.22. The van der Waals surface area contributed by atoms with Crippen LogP contribution in [-0.4, -0.2) is 75.3 Å². The number of hydrogen-bond acceptors (Lipinski definition) is 7. The van der Waals surface area contributed by atoms with Crippen LogP contribution in [0, 0.1) is 17.8 Å². The zero-order valence-electron chi connectivity index (χ0n) is 21.5. The minimum absolute atomic E-state index is 0.130. The highest BCUT2D eigenvalue weighted by atomic mass is 19.3. The molecule has 1 aliphatic carbocycles. The average Bonchev–Trinajstić information content (AvgIpc) is 2.81. The quantitative estimate of drug-likeness (QED) is 0.235. The maximum absolute atomic E-state index is 15.0. The third-order valence-electron chi connectivity index (χ3n) is 6.64. The Bertz CT molecular complexity index is 738. The lowest BCUT2D eigenvalue weighted by Crippen LogP contribution is -2.60. The van der Waals surface area contributed by atoms with E-state index >= 15 is 0 Å². The van der Waals surface area contributed by atoms with Gasteiger partial charge < -0.3 is 29.2 Å². The Morgan fingerprint density at radius 3 is 2.40 bits per heavy atom. The first kappa shape index (κ1) is 29.9. The summed E-state index contributed by atoms with van der Waals surface area (Å²) in [5.74, 6) is -2.77. The van der Waals surface area contributed by atoms with E-state index in [9.17, 15) is 19.0 Å². The lowest BCUT2D eigenvalue weighted by molar-refractivity contribution is -0.169. The zero-order valence-corrected chi connectivity index (χ0v) is 21.5. The number of methoxy groups -OCH3 is 1. The van der Waals surface area contributed by atoms with E-state index in [0.717, 1.165) is 12.8 Å². The van der Waals surface area contributed by atoms with Crippen LogP contribution in [0.5, 0.6) is 5.75 Å².